The molecule has 1 aromatic carbocycles. The van der Waals surface area contributed by atoms with Gasteiger partial charge in [0.25, 0.3) is 5.91 Å². The first-order valence-corrected chi connectivity index (χ1v) is 5.83. The Morgan fingerprint density at radius 2 is 1.83 bits per heavy atom. The molecule has 4 heteroatoms. The summed E-state index contributed by atoms with van der Waals surface area (Å²) in [6, 6.07) is 7.79. The fourth-order valence-electron chi connectivity index (χ4n) is 1.73. The highest BCUT2D eigenvalue weighted by Crippen LogP contribution is 2.23. The zero-order valence-corrected chi connectivity index (χ0v) is 10.4. The van der Waals surface area contributed by atoms with Crippen LogP contribution >= 0.6 is 0 Å². The number of hydrogen-bond acceptors (Lipinski definition) is 3. The van der Waals surface area contributed by atoms with Gasteiger partial charge >= 0.3 is 0 Å². The van der Waals surface area contributed by atoms with Crippen molar-refractivity contribution in [1.82, 2.24) is 9.97 Å². The Morgan fingerprint density at radius 3 is 2.50 bits per heavy atom. The number of aromatic nitrogens is 2. The second-order valence-electron chi connectivity index (χ2n) is 4.32. The highest BCUT2D eigenvalue weighted by atomic mass is 16.1. The Hall–Kier alpha value is -2.23. The minimum absolute atomic E-state index is 0.191. The average molecular weight is 241 g/mol. The molecule has 18 heavy (non-hydrogen) atoms. The van der Waals surface area contributed by atoms with Gasteiger partial charge in [-0.15, -0.1) is 0 Å². The van der Waals surface area contributed by atoms with Crippen molar-refractivity contribution < 1.29 is 4.79 Å². The first kappa shape index (κ1) is 12.2. The van der Waals surface area contributed by atoms with Crippen molar-refractivity contribution in [3.63, 3.8) is 0 Å². The number of para-hydroxylation sites is 1. The van der Waals surface area contributed by atoms with Gasteiger partial charge in [-0.1, -0.05) is 32.0 Å². The Bertz CT molecular complexity index is 538. The third-order valence-corrected chi connectivity index (χ3v) is 2.65. The second kappa shape index (κ2) is 5.40. The van der Waals surface area contributed by atoms with Gasteiger partial charge in [0.2, 0.25) is 0 Å². The van der Waals surface area contributed by atoms with Crippen LogP contribution in [0.1, 0.15) is 35.7 Å². The fourth-order valence-corrected chi connectivity index (χ4v) is 1.73. The smallest absolute Gasteiger partial charge is 0.258 e. The summed E-state index contributed by atoms with van der Waals surface area (Å²) in [6.45, 7) is 4.19. The lowest BCUT2D eigenvalue weighted by molar-refractivity contribution is 0.102. The van der Waals surface area contributed by atoms with E-state index < -0.39 is 0 Å². The van der Waals surface area contributed by atoms with Crippen molar-refractivity contribution >= 4 is 11.6 Å². The van der Waals surface area contributed by atoms with Crippen LogP contribution < -0.4 is 5.32 Å². The maximum absolute atomic E-state index is 12.0. The van der Waals surface area contributed by atoms with Crippen molar-refractivity contribution in [3.8, 4) is 0 Å². The molecule has 92 valence electrons. The molecule has 0 radical (unpaired) electrons. The minimum atomic E-state index is -0.191. The molecule has 0 aliphatic heterocycles. The molecule has 0 saturated heterocycles. The van der Waals surface area contributed by atoms with Crippen molar-refractivity contribution in [2.45, 2.75) is 19.8 Å². The summed E-state index contributed by atoms with van der Waals surface area (Å²) in [4.78, 5) is 19.7. The van der Waals surface area contributed by atoms with Gasteiger partial charge in [0.1, 0.15) is 6.33 Å². The van der Waals surface area contributed by atoms with Crippen LogP contribution in [0.25, 0.3) is 0 Å². The van der Waals surface area contributed by atoms with Crippen LogP contribution in [-0.2, 0) is 0 Å². The molecule has 0 unspecified atom stereocenters. The summed E-state index contributed by atoms with van der Waals surface area (Å²) < 4.78 is 0. The van der Waals surface area contributed by atoms with Gasteiger partial charge in [0.05, 0.1) is 5.56 Å². The number of nitrogens with one attached hydrogen (secondary N) is 1. The van der Waals surface area contributed by atoms with Gasteiger partial charge in [-0.3, -0.25) is 4.79 Å². The summed E-state index contributed by atoms with van der Waals surface area (Å²) in [6.07, 6.45) is 4.40. The standard InChI is InChI=1S/C14H15N3O/c1-10(2)12-5-3-4-6-13(12)17-14(18)11-7-15-9-16-8-11/h3-10H,1-2H3,(H,17,18). The van der Waals surface area contributed by atoms with Gasteiger partial charge in [0, 0.05) is 18.1 Å². The number of rotatable bonds is 3. The second-order valence-corrected chi connectivity index (χ2v) is 4.32. The molecular weight excluding hydrogens is 226 g/mol. The number of anilines is 1. The van der Waals surface area contributed by atoms with Crippen LogP contribution in [0, 0.1) is 0 Å². The van der Waals surface area contributed by atoms with Crippen molar-refractivity contribution in [1.29, 1.82) is 0 Å². The molecular formula is C14H15N3O. The molecule has 1 amide bonds. The summed E-state index contributed by atoms with van der Waals surface area (Å²) in [5.41, 5.74) is 2.40. The number of carbonyl (C=O) groups excluding carboxylic acids is 1. The lowest BCUT2D eigenvalue weighted by Crippen LogP contribution is -2.14. The molecule has 4 nitrogen and oxygen atoms in total. The number of nitrogens with zero attached hydrogens (tertiary/aromatic N) is 2. The zero-order valence-electron chi connectivity index (χ0n) is 10.4. The number of carbonyl (C=O) groups is 1. The van der Waals surface area contributed by atoms with E-state index in [1.165, 1.54) is 18.7 Å². The maximum Gasteiger partial charge on any atom is 0.258 e. The lowest BCUT2D eigenvalue weighted by atomic mass is 10.0. The van der Waals surface area contributed by atoms with Gasteiger partial charge < -0.3 is 5.32 Å². The highest BCUT2D eigenvalue weighted by molar-refractivity contribution is 6.04. The van der Waals surface area contributed by atoms with E-state index in [2.05, 4.69) is 29.1 Å². The maximum atomic E-state index is 12.0. The summed E-state index contributed by atoms with van der Waals surface area (Å²) in [7, 11) is 0. The molecule has 1 heterocycles. The quantitative estimate of drug-likeness (QED) is 0.899. The van der Waals surface area contributed by atoms with E-state index in [1.54, 1.807) is 0 Å². The third-order valence-electron chi connectivity index (χ3n) is 2.65. The molecule has 1 aromatic heterocycles. The molecule has 0 aliphatic carbocycles. The van der Waals surface area contributed by atoms with E-state index in [0.29, 0.717) is 11.5 Å². The molecule has 0 saturated carbocycles. The molecule has 2 aromatic rings. The molecule has 0 bridgehead atoms. The third kappa shape index (κ3) is 2.71. The SMILES string of the molecule is CC(C)c1ccccc1NC(=O)c1cncnc1. The predicted octanol–water partition coefficient (Wildman–Crippen LogP) is 2.85. The van der Waals surface area contributed by atoms with E-state index in [-0.39, 0.29) is 5.91 Å². The van der Waals surface area contributed by atoms with Crippen molar-refractivity contribution in [3.05, 3.63) is 54.1 Å². The van der Waals surface area contributed by atoms with Crippen LogP contribution in [0.5, 0.6) is 0 Å². The predicted molar refractivity (Wildman–Crippen MR) is 70.5 cm³/mol. The highest BCUT2D eigenvalue weighted by Gasteiger charge is 2.10. The largest absolute Gasteiger partial charge is 0.322 e. The first-order valence-electron chi connectivity index (χ1n) is 5.83. The molecule has 0 aliphatic rings. The number of hydrogen-bond donors (Lipinski definition) is 1. The van der Waals surface area contributed by atoms with E-state index in [4.69, 9.17) is 0 Å². The first-order chi connectivity index (χ1) is 8.68. The Morgan fingerprint density at radius 1 is 1.17 bits per heavy atom. The molecule has 1 N–H and O–H groups in total. The van der Waals surface area contributed by atoms with E-state index >= 15 is 0 Å². The molecule has 0 spiro atoms. The summed E-state index contributed by atoms with van der Waals surface area (Å²) in [5.74, 6) is 0.164. The topological polar surface area (TPSA) is 54.9 Å². The zero-order chi connectivity index (χ0) is 13.0. The van der Waals surface area contributed by atoms with Gasteiger partial charge in [-0.25, -0.2) is 9.97 Å². The van der Waals surface area contributed by atoms with Gasteiger partial charge in [-0.2, -0.15) is 0 Å². The Balaban J connectivity index is 2.22. The van der Waals surface area contributed by atoms with Crippen molar-refractivity contribution in [2.24, 2.45) is 0 Å². The number of benzene rings is 1. The van der Waals surface area contributed by atoms with E-state index in [1.807, 2.05) is 24.3 Å². The van der Waals surface area contributed by atoms with Gasteiger partial charge in [0.15, 0.2) is 0 Å². The van der Waals surface area contributed by atoms with Crippen LogP contribution in [0.15, 0.2) is 43.0 Å². The Kier molecular flexibility index (Phi) is 3.67. The summed E-state index contributed by atoms with van der Waals surface area (Å²) in [5, 5.41) is 2.89. The Labute approximate surface area is 106 Å². The normalized spacial score (nSPS) is 10.4. The van der Waals surface area contributed by atoms with E-state index in [9.17, 15) is 4.79 Å². The van der Waals surface area contributed by atoms with Crippen LogP contribution in [0.3, 0.4) is 0 Å². The van der Waals surface area contributed by atoms with Crippen LogP contribution in [0.4, 0.5) is 5.69 Å². The molecule has 2 rings (SSSR count). The molecule has 0 fully saturated rings. The van der Waals surface area contributed by atoms with Crippen molar-refractivity contribution in [2.75, 3.05) is 5.32 Å². The van der Waals surface area contributed by atoms with Gasteiger partial charge in [-0.05, 0) is 17.5 Å². The minimum Gasteiger partial charge on any atom is -0.322 e. The van der Waals surface area contributed by atoms with Crippen LogP contribution in [-0.4, -0.2) is 15.9 Å². The summed E-state index contributed by atoms with van der Waals surface area (Å²) >= 11 is 0. The lowest BCUT2D eigenvalue weighted by Gasteiger charge is -2.13. The van der Waals surface area contributed by atoms with Crippen LogP contribution in [0.2, 0.25) is 0 Å². The molecule has 0 atom stereocenters. The number of amides is 1. The average Bonchev–Trinajstić information content (AvgIpc) is 2.40. The van der Waals surface area contributed by atoms with E-state index in [0.717, 1.165) is 11.3 Å². The fraction of sp³-hybridized carbons (Fsp3) is 0.214. The monoisotopic (exact) mass is 241 g/mol.